The largest absolute Gasteiger partial charge is 0.339 e. The molecule has 2 aromatic heterocycles. The van der Waals surface area contributed by atoms with Gasteiger partial charge >= 0.3 is 0 Å². The summed E-state index contributed by atoms with van der Waals surface area (Å²) in [4.78, 5) is 19.0. The number of benzene rings is 1. The second kappa shape index (κ2) is 6.67. The van der Waals surface area contributed by atoms with Gasteiger partial charge in [-0.15, -0.1) is 5.10 Å². The third-order valence-electron chi connectivity index (χ3n) is 4.69. The summed E-state index contributed by atoms with van der Waals surface area (Å²) in [6, 6.07) is 9.68. The van der Waals surface area contributed by atoms with E-state index in [0.717, 1.165) is 17.7 Å². The van der Waals surface area contributed by atoms with Gasteiger partial charge in [0.25, 0.3) is 0 Å². The highest BCUT2D eigenvalue weighted by atomic mass is 16.5. The molecule has 1 fully saturated rings. The fourth-order valence-corrected chi connectivity index (χ4v) is 3.41. The molecule has 3 heterocycles. The first-order valence-corrected chi connectivity index (χ1v) is 8.68. The third kappa shape index (κ3) is 2.85. The molecule has 7 nitrogen and oxygen atoms in total. The summed E-state index contributed by atoms with van der Waals surface area (Å²) in [5, 5.41) is 11.8. The Morgan fingerprint density at radius 2 is 2.15 bits per heavy atom. The van der Waals surface area contributed by atoms with Gasteiger partial charge in [0.15, 0.2) is 0 Å². The van der Waals surface area contributed by atoms with Crippen molar-refractivity contribution in [3.05, 3.63) is 53.5 Å². The van der Waals surface area contributed by atoms with Crippen LogP contribution in [0.25, 0.3) is 11.5 Å². The van der Waals surface area contributed by atoms with Crippen LogP contribution in [-0.2, 0) is 11.2 Å². The molecule has 1 aromatic carbocycles. The van der Waals surface area contributed by atoms with E-state index < -0.39 is 0 Å². The van der Waals surface area contributed by atoms with Crippen molar-refractivity contribution >= 4 is 11.6 Å². The van der Waals surface area contributed by atoms with Crippen LogP contribution < -0.4 is 4.90 Å². The van der Waals surface area contributed by atoms with Crippen LogP contribution >= 0.6 is 0 Å². The van der Waals surface area contributed by atoms with Crippen LogP contribution in [-0.4, -0.2) is 32.8 Å². The molecule has 7 heteroatoms. The number of hydrogen-bond donors (Lipinski definition) is 0. The Bertz CT molecular complexity index is 938. The molecule has 3 aromatic rings. The second-order valence-electron chi connectivity index (χ2n) is 6.41. The van der Waals surface area contributed by atoms with Crippen molar-refractivity contribution in [2.24, 2.45) is 0 Å². The lowest BCUT2D eigenvalue weighted by molar-refractivity contribution is -0.117. The first-order valence-electron chi connectivity index (χ1n) is 8.68. The molecule has 0 unspecified atom stereocenters. The monoisotopic (exact) mass is 349 g/mol. The highest BCUT2D eigenvalue weighted by Gasteiger charge is 2.36. The number of aromatic nitrogens is 4. The zero-order valence-electron chi connectivity index (χ0n) is 14.7. The maximum Gasteiger partial charge on any atom is 0.232 e. The summed E-state index contributed by atoms with van der Waals surface area (Å²) in [6.07, 6.45) is 2.83. The number of carbonyl (C=O) groups excluding carboxylic acids is 1. The van der Waals surface area contributed by atoms with Crippen LogP contribution in [0.4, 0.5) is 5.69 Å². The Labute approximate surface area is 151 Å². The first kappa shape index (κ1) is 16.4. The van der Waals surface area contributed by atoms with Crippen molar-refractivity contribution in [1.29, 1.82) is 0 Å². The maximum atomic E-state index is 12.7. The van der Waals surface area contributed by atoms with Gasteiger partial charge in [-0.1, -0.05) is 30.3 Å². The Morgan fingerprint density at radius 3 is 2.92 bits per heavy atom. The highest BCUT2D eigenvalue weighted by Crippen LogP contribution is 2.35. The van der Waals surface area contributed by atoms with Crippen LogP contribution in [0.2, 0.25) is 0 Å². The van der Waals surface area contributed by atoms with E-state index in [1.165, 1.54) is 5.56 Å². The van der Waals surface area contributed by atoms with E-state index in [-0.39, 0.29) is 11.8 Å². The molecule has 0 N–H and O–H groups in total. The Hall–Kier alpha value is -3.09. The van der Waals surface area contributed by atoms with E-state index in [1.807, 2.05) is 24.0 Å². The molecule has 0 spiro atoms. The predicted molar refractivity (Wildman–Crippen MR) is 95.6 cm³/mol. The van der Waals surface area contributed by atoms with Crippen molar-refractivity contribution < 1.29 is 9.32 Å². The summed E-state index contributed by atoms with van der Waals surface area (Å²) in [7, 11) is 0. The van der Waals surface area contributed by atoms with E-state index in [4.69, 9.17) is 4.52 Å². The van der Waals surface area contributed by atoms with Crippen molar-refractivity contribution in [3.63, 3.8) is 0 Å². The summed E-state index contributed by atoms with van der Waals surface area (Å²) < 4.78 is 5.41. The quantitative estimate of drug-likeness (QED) is 0.720. The number of amides is 1. The number of rotatable bonds is 4. The minimum atomic E-state index is -0.121. The first-order chi connectivity index (χ1) is 12.7. The minimum absolute atomic E-state index is 0.0817. The molecular formula is C19H19N5O2. The molecule has 1 atom stereocenters. The molecule has 0 bridgehead atoms. The van der Waals surface area contributed by atoms with Crippen molar-refractivity contribution in [3.8, 4) is 11.5 Å². The maximum absolute atomic E-state index is 12.7. The second-order valence-corrected chi connectivity index (χ2v) is 6.41. The van der Waals surface area contributed by atoms with Crippen LogP contribution in [0, 0.1) is 6.92 Å². The normalized spacial score (nSPS) is 17.1. The fourth-order valence-electron chi connectivity index (χ4n) is 3.41. The summed E-state index contributed by atoms with van der Waals surface area (Å²) in [6.45, 7) is 4.67. The molecular weight excluding hydrogens is 330 g/mol. The van der Waals surface area contributed by atoms with E-state index in [9.17, 15) is 4.79 Å². The molecule has 0 radical (unpaired) electrons. The van der Waals surface area contributed by atoms with Gasteiger partial charge in [-0.25, -0.2) is 0 Å². The zero-order valence-corrected chi connectivity index (χ0v) is 14.7. The SMILES string of the molecule is CCc1cccc(C)c1N1C[C@@H](c2nc(-c3cccnn3)no2)CC1=O. The number of anilines is 1. The molecule has 1 amide bonds. The number of nitrogens with zero attached hydrogens (tertiary/aromatic N) is 5. The number of para-hydroxylation sites is 1. The minimum Gasteiger partial charge on any atom is -0.339 e. The average molecular weight is 349 g/mol. The van der Waals surface area contributed by atoms with E-state index in [1.54, 1.807) is 18.3 Å². The van der Waals surface area contributed by atoms with Crippen LogP contribution in [0.3, 0.4) is 0 Å². The Kier molecular flexibility index (Phi) is 4.20. The molecule has 1 aliphatic heterocycles. The summed E-state index contributed by atoms with van der Waals surface area (Å²) in [5.74, 6) is 0.820. The Morgan fingerprint density at radius 1 is 1.27 bits per heavy atom. The van der Waals surface area contributed by atoms with Crippen molar-refractivity contribution in [2.45, 2.75) is 32.6 Å². The molecule has 4 rings (SSSR count). The third-order valence-corrected chi connectivity index (χ3v) is 4.69. The van der Waals surface area contributed by atoms with Gasteiger partial charge in [0.05, 0.1) is 5.92 Å². The van der Waals surface area contributed by atoms with Crippen molar-refractivity contribution in [1.82, 2.24) is 20.3 Å². The van der Waals surface area contributed by atoms with Crippen LogP contribution in [0.1, 0.15) is 36.3 Å². The molecule has 132 valence electrons. The van der Waals surface area contributed by atoms with E-state index in [2.05, 4.69) is 33.3 Å². The highest BCUT2D eigenvalue weighted by molar-refractivity contribution is 5.97. The molecule has 26 heavy (non-hydrogen) atoms. The summed E-state index contributed by atoms with van der Waals surface area (Å²) in [5.41, 5.74) is 3.83. The predicted octanol–water partition coefficient (Wildman–Crippen LogP) is 2.92. The number of hydrogen-bond acceptors (Lipinski definition) is 6. The smallest absolute Gasteiger partial charge is 0.232 e. The van der Waals surface area contributed by atoms with Crippen LogP contribution in [0.5, 0.6) is 0 Å². The molecule has 1 saturated heterocycles. The number of carbonyl (C=O) groups is 1. The van der Waals surface area contributed by atoms with Crippen molar-refractivity contribution in [2.75, 3.05) is 11.4 Å². The van der Waals surface area contributed by atoms with Gasteiger partial charge in [-0.05, 0) is 36.6 Å². The van der Waals surface area contributed by atoms with Gasteiger partial charge < -0.3 is 9.42 Å². The lowest BCUT2D eigenvalue weighted by Gasteiger charge is -2.22. The van der Waals surface area contributed by atoms with Gasteiger partial charge in [0.1, 0.15) is 5.69 Å². The lowest BCUT2D eigenvalue weighted by atomic mass is 10.0. The topological polar surface area (TPSA) is 85.0 Å². The molecule has 0 aliphatic carbocycles. The fraction of sp³-hybridized carbons (Fsp3) is 0.316. The van der Waals surface area contributed by atoms with Gasteiger partial charge in [-0.2, -0.15) is 10.1 Å². The van der Waals surface area contributed by atoms with Gasteiger partial charge in [0.2, 0.25) is 17.6 Å². The van der Waals surface area contributed by atoms with Crippen LogP contribution in [0.15, 0.2) is 41.1 Å². The zero-order chi connectivity index (χ0) is 18.1. The van der Waals surface area contributed by atoms with E-state index >= 15 is 0 Å². The average Bonchev–Trinajstić information content (AvgIpc) is 3.29. The lowest BCUT2D eigenvalue weighted by Crippen LogP contribution is -2.26. The van der Waals surface area contributed by atoms with Gasteiger partial charge in [0, 0.05) is 24.8 Å². The standard InChI is InChI=1S/C19H19N5O2/c1-3-13-7-4-6-12(2)17(13)24-11-14(10-16(24)25)19-21-18(23-26-19)15-8-5-9-20-22-15/h4-9,14H,3,10-11H2,1-2H3/t14-/m0/s1. The Balaban J connectivity index is 1.61. The molecule has 0 saturated carbocycles. The summed E-state index contributed by atoms with van der Waals surface area (Å²) >= 11 is 0. The van der Waals surface area contributed by atoms with E-state index in [0.29, 0.717) is 30.4 Å². The number of aryl methyl sites for hydroxylation is 2. The molecule has 1 aliphatic rings. The van der Waals surface area contributed by atoms with Gasteiger partial charge in [-0.3, -0.25) is 4.79 Å².